The number of piperidine rings is 1. The molecule has 4 nitrogen and oxygen atoms in total. The van der Waals surface area contributed by atoms with Crippen LogP contribution in [-0.2, 0) is 19.4 Å². The maximum atomic E-state index is 10.4. The second-order valence-corrected chi connectivity index (χ2v) is 5.63. The van der Waals surface area contributed by atoms with Gasteiger partial charge in [-0.25, -0.2) is 0 Å². The third kappa shape index (κ3) is 3.30. The Kier molecular flexibility index (Phi) is 5.25. The lowest BCUT2D eigenvalue weighted by Crippen LogP contribution is -2.37. The summed E-state index contributed by atoms with van der Waals surface area (Å²) in [7, 11) is 0. The summed E-state index contributed by atoms with van der Waals surface area (Å²) in [6.45, 7) is 6.88. The Balaban J connectivity index is 2.10. The molecule has 2 heterocycles. The van der Waals surface area contributed by atoms with Crippen molar-refractivity contribution in [3.8, 4) is 0 Å². The van der Waals surface area contributed by atoms with Crippen molar-refractivity contribution in [2.75, 3.05) is 13.1 Å². The van der Waals surface area contributed by atoms with Crippen LogP contribution in [0.15, 0.2) is 0 Å². The van der Waals surface area contributed by atoms with Crippen molar-refractivity contribution in [1.29, 1.82) is 0 Å². The SMILES string of the molecule is CCc1nn(CC)c(CC(O)C2CCCNC2)c1Cl. The molecule has 2 atom stereocenters. The summed E-state index contributed by atoms with van der Waals surface area (Å²) in [6, 6.07) is 0. The van der Waals surface area contributed by atoms with Crippen molar-refractivity contribution >= 4 is 11.6 Å². The lowest BCUT2D eigenvalue weighted by molar-refractivity contribution is 0.0903. The first-order chi connectivity index (χ1) is 9.17. The molecule has 0 spiro atoms. The van der Waals surface area contributed by atoms with Crippen LogP contribution in [0.3, 0.4) is 0 Å². The molecule has 1 fully saturated rings. The molecule has 108 valence electrons. The largest absolute Gasteiger partial charge is 0.392 e. The molecule has 1 aromatic rings. The summed E-state index contributed by atoms with van der Waals surface area (Å²) in [5.41, 5.74) is 1.92. The molecule has 5 heteroatoms. The minimum absolute atomic E-state index is 0.329. The summed E-state index contributed by atoms with van der Waals surface area (Å²) in [6.07, 6.45) is 3.33. The number of hydrogen-bond donors (Lipinski definition) is 2. The Morgan fingerprint density at radius 1 is 1.53 bits per heavy atom. The normalized spacial score (nSPS) is 21.6. The molecule has 2 rings (SSSR count). The fraction of sp³-hybridized carbons (Fsp3) is 0.786. The van der Waals surface area contributed by atoms with E-state index in [1.165, 1.54) is 0 Å². The summed E-state index contributed by atoms with van der Waals surface area (Å²) < 4.78 is 1.93. The quantitative estimate of drug-likeness (QED) is 0.870. The number of nitrogens with zero attached hydrogens (tertiary/aromatic N) is 2. The van der Waals surface area contributed by atoms with Gasteiger partial charge >= 0.3 is 0 Å². The summed E-state index contributed by atoms with van der Waals surface area (Å²) in [4.78, 5) is 0. The fourth-order valence-electron chi connectivity index (χ4n) is 2.78. The van der Waals surface area contributed by atoms with Gasteiger partial charge in [-0.1, -0.05) is 18.5 Å². The van der Waals surface area contributed by atoms with Crippen molar-refractivity contribution in [1.82, 2.24) is 15.1 Å². The number of aromatic nitrogens is 2. The van der Waals surface area contributed by atoms with E-state index in [4.69, 9.17) is 11.6 Å². The van der Waals surface area contributed by atoms with Crippen LogP contribution >= 0.6 is 11.6 Å². The van der Waals surface area contributed by atoms with Gasteiger partial charge in [0, 0.05) is 19.5 Å². The van der Waals surface area contributed by atoms with Crippen LogP contribution in [0.5, 0.6) is 0 Å². The second kappa shape index (κ2) is 6.73. The molecule has 0 aliphatic carbocycles. The molecule has 0 amide bonds. The second-order valence-electron chi connectivity index (χ2n) is 5.25. The number of nitrogens with one attached hydrogen (secondary N) is 1. The van der Waals surface area contributed by atoms with Gasteiger partial charge in [0.1, 0.15) is 0 Å². The highest BCUT2D eigenvalue weighted by Gasteiger charge is 2.25. The van der Waals surface area contributed by atoms with Crippen LogP contribution in [0.2, 0.25) is 5.02 Å². The average Bonchev–Trinajstić information content (AvgIpc) is 2.76. The van der Waals surface area contributed by atoms with Gasteiger partial charge in [-0.15, -0.1) is 0 Å². The van der Waals surface area contributed by atoms with E-state index >= 15 is 0 Å². The van der Waals surface area contributed by atoms with Gasteiger partial charge in [0.15, 0.2) is 0 Å². The van der Waals surface area contributed by atoms with Crippen molar-refractivity contribution in [3.05, 3.63) is 16.4 Å². The van der Waals surface area contributed by atoms with Gasteiger partial charge in [0.25, 0.3) is 0 Å². The Bertz CT molecular complexity index is 413. The smallest absolute Gasteiger partial charge is 0.0850 e. The van der Waals surface area contributed by atoms with E-state index in [9.17, 15) is 5.11 Å². The van der Waals surface area contributed by atoms with Crippen LogP contribution in [0, 0.1) is 5.92 Å². The monoisotopic (exact) mass is 285 g/mol. The molecule has 1 saturated heterocycles. The third-order valence-corrected chi connectivity index (χ3v) is 4.41. The topological polar surface area (TPSA) is 50.1 Å². The van der Waals surface area contributed by atoms with E-state index in [1.807, 2.05) is 4.68 Å². The number of aliphatic hydroxyl groups excluding tert-OH is 1. The number of aliphatic hydroxyl groups is 1. The van der Waals surface area contributed by atoms with E-state index in [1.54, 1.807) is 0 Å². The highest BCUT2D eigenvalue weighted by atomic mass is 35.5. The summed E-state index contributed by atoms with van der Waals surface area (Å²) in [5.74, 6) is 0.329. The van der Waals surface area contributed by atoms with Crippen molar-refractivity contribution < 1.29 is 5.11 Å². The first kappa shape index (κ1) is 14.8. The van der Waals surface area contributed by atoms with E-state index in [0.29, 0.717) is 12.3 Å². The summed E-state index contributed by atoms with van der Waals surface area (Å²) >= 11 is 6.38. The zero-order valence-electron chi connectivity index (χ0n) is 11.8. The van der Waals surface area contributed by atoms with Crippen molar-refractivity contribution in [3.63, 3.8) is 0 Å². The number of hydrogen-bond acceptors (Lipinski definition) is 3. The molecular weight excluding hydrogens is 262 g/mol. The fourth-order valence-corrected chi connectivity index (χ4v) is 3.13. The zero-order valence-corrected chi connectivity index (χ0v) is 12.6. The number of aryl methyl sites for hydroxylation is 2. The number of rotatable bonds is 5. The average molecular weight is 286 g/mol. The molecule has 2 unspecified atom stereocenters. The number of halogens is 1. The van der Waals surface area contributed by atoms with E-state index < -0.39 is 0 Å². The van der Waals surface area contributed by atoms with Crippen molar-refractivity contribution in [2.24, 2.45) is 5.92 Å². The van der Waals surface area contributed by atoms with Crippen LogP contribution in [-0.4, -0.2) is 34.1 Å². The highest BCUT2D eigenvalue weighted by Crippen LogP contribution is 2.25. The maximum absolute atomic E-state index is 10.4. The molecule has 2 N–H and O–H groups in total. The highest BCUT2D eigenvalue weighted by molar-refractivity contribution is 6.31. The minimum atomic E-state index is -0.336. The van der Waals surface area contributed by atoms with Gasteiger partial charge in [-0.2, -0.15) is 5.10 Å². The van der Waals surface area contributed by atoms with Gasteiger partial charge in [0.05, 0.1) is 22.5 Å². The van der Waals surface area contributed by atoms with Gasteiger partial charge < -0.3 is 10.4 Å². The Morgan fingerprint density at radius 3 is 2.89 bits per heavy atom. The first-order valence-corrected chi connectivity index (χ1v) is 7.68. The molecule has 0 saturated carbocycles. The van der Waals surface area contributed by atoms with Crippen LogP contribution in [0.4, 0.5) is 0 Å². The standard InChI is InChI=1S/C14H24ClN3O/c1-3-11-14(15)12(18(4-2)17-11)8-13(19)10-6-5-7-16-9-10/h10,13,16,19H,3-9H2,1-2H3. The van der Waals surface area contributed by atoms with Crippen LogP contribution < -0.4 is 5.32 Å². The molecule has 0 radical (unpaired) electrons. The van der Waals surface area contributed by atoms with Crippen molar-refractivity contribution in [2.45, 2.75) is 52.2 Å². The van der Waals surface area contributed by atoms with Gasteiger partial charge in [-0.05, 0) is 38.6 Å². The van der Waals surface area contributed by atoms with E-state index in [-0.39, 0.29) is 6.10 Å². The lowest BCUT2D eigenvalue weighted by Gasteiger charge is -2.27. The Labute approximate surface area is 120 Å². The van der Waals surface area contributed by atoms with Crippen LogP contribution in [0.1, 0.15) is 38.1 Å². The molecule has 0 aromatic carbocycles. The molecule has 1 aliphatic heterocycles. The van der Waals surface area contributed by atoms with Gasteiger partial charge in [-0.3, -0.25) is 4.68 Å². The first-order valence-electron chi connectivity index (χ1n) is 7.30. The van der Waals surface area contributed by atoms with Gasteiger partial charge in [0.2, 0.25) is 0 Å². The predicted molar refractivity (Wildman–Crippen MR) is 77.6 cm³/mol. The van der Waals surface area contributed by atoms with Crippen LogP contribution in [0.25, 0.3) is 0 Å². The maximum Gasteiger partial charge on any atom is 0.0850 e. The molecule has 0 bridgehead atoms. The Hall–Kier alpha value is -0.580. The summed E-state index contributed by atoms with van der Waals surface area (Å²) in [5, 5.41) is 19.0. The minimum Gasteiger partial charge on any atom is -0.392 e. The van der Waals surface area contributed by atoms with E-state index in [2.05, 4.69) is 24.3 Å². The molecular formula is C14H24ClN3O. The third-order valence-electron chi connectivity index (χ3n) is 3.98. The molecule has 19 heavy (non-hydrogen) atoms. The lowest BCUT2D eigenvalue weighted by atomic mass is 9.91. The Morgan fingerprint density at radius 2 is 2.32 bits per heavy atom. The molecule has 1 aromatic heterocycles. The zero-order chi connectivity index (χ0) is 13.8. The van der Waals surface area contributed by atoms with E-state index in [0.717, 1.165) is 55.3 Å². The predicted octanol–water partition coefficient (Wildman–Crippen LogP) is 2.02. The molecule has 1 aliphatic rings.